The molecule has 0 radical (unpaired) electrons. The molecule has 4 aliphatic rings. The summed E-state index contributed by atoms with van der Waals surface area (Å²) in [6, 6.07) is 11.3. The van der Waals surface area contributed by atoms with Crippen molar-refractivity contribution in [3.63, 3.8) is 0 Å². The molecule has 1 saturated carbocycles. The predicted molar refractivity (Wildman–Crippen MR) is 77.2 cm³/mol. The van der Waals surface area contributed by atoms with Crippen molar-refractivity contribution in [2.75, 3.05) is 26.2 Å². The molecule has 1 aromatic carbocycles. The van der Waals surface area contributed by atoms with Gasteiger partial charge in [-0.05, 0) is 23.8 Å². The van der Waals surface area contributed by atoms with E-state index in [1.54, 1.807) is 0 Å². The molecular formula is C16H21N3O. The molecular weight excluding hydrogens is 250 g/mol. The van der Waals surface area contributed by atoms with Gasteiger partial charge in [0.2, 0.25) is 0 Å². The highest BCUT2D eigenvalue weighted by Crippen LogP contribution is 2.44. The predicted octanol–water partition coefficient (Wildman–Crippen LogP) is 1.53. The van der Waals surface area contributed by atoms with Crippen LogP contribution in [-0.2, 0) is 6.54 Å². The Hall–Kier alpha value is -1.55. The van der Waals surface area contributed by atoms with Crippen LogP contribution in [0.3, 0.4) is 0 Å². The number of hydrogen-bond acceptors (Lipinski definition) is 2. The summed E-state index contributed by atoms with van der Waals surface area (Å²) in [7, 11) is 0. The van der Waals surface area contributed by atoms with Gasteiger partial charge < -0.3 is 10.2 Å². The first-order valence-electron chi connectivity index (χ1n) is 7.62. The van der Waals surface area contributed by atoms with Gasteiger partial charge in [-0.15, -0.1) is 0 Å². The van der Waals surface area contributed by atoms with Crippen molar-refractivity contribution in [2.24, 2.45) is 11.8 Å². The van der Waals surface area contributed by atoms with E-state index in [-0.39, 0.29) is 6.03 Å². The fourth-order valence-corrected chi connectivity index (χ4v) is 4.21. The number of carbonyl (C=O) groups is 1. The third kappa shape index (κ3) is 1.99. The Labute approximate surface area is 119 Å². The monoisotopic (exact) mass is 271 g/mol. The zero-order valence-corrected chi connectivity index (χ0v) is 11.7. The van der Waals surface area contributed by atoms with E-state index >= 15 is 0 Å². The lowest BCUT2D eigenvalue weighted by molar-refractivity contribution is -0.0571. The number of urea groups is 1. The number of rotatable bonds is 3. The second kappa shape index (κ2) is 4.77. The van der Waals surface area contributed by atoms with Crippen LogP contribution in [0, 0.1) is 11.8 Å². The Bertz CT molecular complexity index is 492. The van der Waals surface area contributed by atoms with Gasteiger partial charge in [0.05, 0.1) is 0 Å². The van der Waals surface area contributed by atoms with E-state index < -0.39 is 0 Å². The molecule has 2 bridgehead atoms. The van der Waals surface area contributed by atoms with E-state index in [0.717, 1.165) is 32.7 Å². The minimum atomic E-state index is 0.154. The third-order valence-corrected chi connectivity index (χ3v) is 5.06. The Morgan fingerprint density at radius 1 is 1.15 bits per heavy atom. The largest absolute Gasteiger partial charge is 0.336 e. The Morgan fingerprint density at radius 2 is 1.90 bits per heavy atom. The van der Waals surface area contributed by atoms with E-state index in [1.165, 1.54) is 12.0 Å². The Morgan fingerprint density at radius 3 is 2.55 bits per heavy atom. The summed E-state index contributed by atoms with van der Waals surface area (Å²) >= 11 is 0. The van der Waals surface area contributed by atoms with Gasteiger partial charge in [0.1, 0.15) is 0 Å². The van der Waals surface area contributed by atoms with Gasteiger partial charge in [-0.1, -0.05) is 30.3 Å². The van der Waals surface area contributed by atoms with Crippen molar-refractivity contribution in [1.82, 2.24) is 15.1 Å². The van der Waals surface area contributed by atoms with E-state index in [9.17, 15) is 4.79 Å². The molecule has 0 spiro atoms. The number of amides is 2. The fourth-order valence-electron chi connectivity index (χ4n) is 4.21. The van der Waals surface area contributed by atoms with Crippen LogP contribution < -0.4 is 5.32 Å². The lowest BCUT2D eigenvalue weighted by atomic mass is 9.65. The number of nitrogens with one attached hydrogen (secondary N) is 1. The normalized spacial score (nSPS) is 32.9. The maximum Gasteiger partial charge on any atom is 0.317 e. The first-order valence-corrected chi connectivity index (χ1v) is 7.62. The number of fused-ring (bicyclic) bond motifs is 2. The van der Waals surface area contributed by atoms with Crippen molar-refractivity contribution in [3.8, 4) is 0 Å². The smallest absolute Gasteiger partial charge is 0.317 e. The number of piperidine rings is 2. The SMILES string of the molecule is O=C1NCCN1C1C2CC1CN(Cc1ccccc1)C2. The molecule has 4 nitrogen and oxygen atoms in total. The lowest BCUT2D eigenvalue weighted by Crippen LogP contribution is -2.64. The molecule has 20 heavy (non-hydrogen) atoms. The summed E-state index contributed by atoms with van der Waals surface area (Å²) in [6.07, 6.45) is 1.31. The van der Waals surface area contributed by atoms with Crippen molar-refractivity contribution in [1.29, 1.82) is 0 Å². The number of nitrogens with zero attached hydrogens (tertiary/aromatic N) is 2. The summed E-state index contributed by atoms with van der Waals surface area (Å²) in [4.78, 5) is 16.4. The summed E-state index contributed by atoms with van der Waals surface area (Å²) in [5.41, 5.74) is 1.39. The molecule has 106 valence electrons. The van der Waals surface area contributed by atoms with Crippen LogP contribution in [0.2, 0.25) is 0 Å². The van der Waals surface area contributed by atoms with Crippen molar-refractivity contribution in [2.45, 2.75) is 19.0 Å². The zero-order valence-electron chi connectivity index (χ0n) is 11.7. The molecule has 3 aliphatic heterocycles. The minimum Gasteiger partial charge on any atom is -0.336 e. The van der Waals surface area contributed by atoms with Gasteiger partial charge in [0.25, 0.3) is 0 Å². The second-order valence-electron chi connectivity index (χ2n) is 6.35. The number of benzene rings is 1. The summed E-state index contributed by atoms with van der Waals surface area (Å²) in [5, 5.41) is 2.93. The molecule has 4 heteroatoms. The number of hydrogen-bond donors (Lipinski definition) is 1. The van der Waals surface area contributed by atoms with E-state index in [4.69, 9.17) is 0 Å². The van der Waals surface area contributed by atoms with Crippen LogP contribution in [-0.4, -0.2) is 48.1 Å². The first kappa shape index (κ1) is 12.2. The molecule has 1 aromatic rings. The average Bonchev–Trinajstić information content (AvgIpc) is 2.86. The standard InChI is InChI=1S/C16H21N3O/c20-16-17-6-7-19(16)15-13-8-14(15)11-18(10-13)9-12-4-2-1-3-5-12/h1-5,13-15H,6-11H2,(H,17,20). The molecule has 1 N–H and O–H groups in total. The third-order valence-electron chi connectivity index (χ3n) is 5.06. The highest BCUT2D eigenvalue weighted by Gasteiger charge is 2.51. The van der Waals surface area contributed by atoms with Crippen LogP contribution in [0.4, 0.5) is 4.79 Å². The van der Waals surface area contributed by atoms with Crippen molar-refractivity contribution < 1.29 is 4.79 Å². The maximum absolute atomic E-state index is 11.8. The van der Waals surface area contributed by atoms with E-state index in [2.05, 4.69) is 45.4 Å². The molecule has 2 amide bonds. The van der Waals surface area contributed by atoms with Gasteiger partial charge in [0, 0.05) is 38.8 Å². The first-order chi connectivity index (χ1) is 9.81. The van der Waals surface area contributed by atoms with Crippen LogP contribution in [0.15, 0.2) is 30.3 Å². The summed E-state index contributed by atoms with van der Waals surface area (Å²) in [5.74, 6) is 1.36. The topological polar surface area (TPSA) is 35.6 Å². The van der Waals surface area contributed by atoms with Gasteiger partial charge in [-0.2, -0.15) is 0 Å². The van der Waals surface area contributed by atoms with Gasteiger partial charge >= 0.3 is 6.03 Å². The van der Waals surface area contributed by atoms with Crippen LogP contribution >= 0.6 is 0 Å². The van der Waals surface area contributed by atoms with E-state index in [0.29, 0.717) is 17.9 Å². The van der Waals surface area contributed by atoms with Gasteiger partial charge in [-0.25, -0.2) is 4.79 Å². The summed E-state index contributed by atoms with van der Waals surface area (Å²) < 4.78 is 0. The van der Waals surface area contributed by atoms with Gasteiger partial charge in [0.15, 0.2) is 0 Å². The molecule has 3 heterocycles. The highest BCUT2D eigenvalue weighted by atomic mass is 16.2. The highest BCUT2D eigenvalue weighted by molar-refractivity contribution is 5.76. The molecule has 2 atom stereocenters. The maximum atomic E-state index is 11.8. The summed E-state index contributed by atoms with van der Waals surface area (Å²) in [6.45, 7) is 5.05. The minimum absolute atomic E-state index is 0.154. The number of carbonyl (C=O) groups excluding carboxylic acids is 1. The fraction of sp³-hybridized carbons (Fsp3) is 0.562. The zero-order chi connectivity index (χ0) is 13.5. The molecule has 1 aliphatic carbocycles. The lowest BCUT2D eigenvalue weighted by Gasteiger charge is -2.56. The molecule has 2 unspecified atom stereocenters. The Balaban J connectivity index is 1.39. The molecule has 0 aromatic heterocycles. The molecule has 3 saturated heterocycles. The molecule has 5 rings (SSSR count). The molecule has 4 fully saturated rings. The Kier molecular flexibility index (Phi) is 2.91. The second-order valence-corrected chi connectivity index (χ2v) is 6.35. The van der Waals surface area contributed by atoms with Crippen LogP contribution in [0.5, 0.6) is 0 Å². The van der Waals surface area contributed by atoms with Gasteiger partial charge in [-0.3, -0.25) is 4.90 Å². The van der Waals surface area contributed by atoms with E-state index in [1.807, 2.05) is 0 Å². The average molecular weight is 271 g/mol. The van der Waals surface area contributed by atoms with Crippen molar-refractivity contribution in [3.05, 3.63) is 35.9 Å². The van der Waals surface area contributed by atoms with Crippen LogP contribution in [0.25, 0.3) is 0 Å². The quantitative estimate of drug-likeness (QED) is 0.905. The van der Waals surface area contributed by atoms with Crippen LogP contribution in [0.1, 0.15) is 12.0 Å². The van der Waals surface area contributed by atoms with Crippen molar-refractivity contribution >= 4 is 6.03 Å².